The lowest BCUT2D eigenvalue weighted by Crippen LogP contribution is -2.26. The van der Waals surface area contributed by atoms with Gasteiger partial charge in [-0.1, -0.05) is 103 Å². The Hall–Kier alpha value is -0.520. The third-order valence-corrected chi connectivity index (χ3v) is 5.14. The summed E-state index contributed by atoms with van der Waals surface area (Å²) in [6.45, 7) is 8.03. The summed E-state index contributed by atoms with van der Waals surface area (Å²) in [5.74, 6) is 5.87. The van der Waals surface area contributed by atoms with Crippen molar-refractivity contribution in [3.8, 4) is 11.8 Å². The molecule has 2 heteroatoms. The molecule has 0 unspecified atom stereocenters. The lowest BCUT2D eigenvalue weighted by Gasteiger charge is -2.20. The van der Waals surface area contributed by atoms with Crippen molar-refractivity contribution < 1.29 is 10.2 Å². The van der Waals surface area contributed by atoms with Crippen LogP contribution in [-0.4, -0.2) is 21.4 Å². The standard InChI is InChI=1S/C24H46O2/c1-5-7-9-11-13-15-17-19-23(3,25)21-22-24(4,26)20-18-16-14-12-10-8-6-2/h25-26H,5-20H2,1-4H3/t23-,24-/m0/s1. The zero-order chi connectivity index (χ0) is 19.7. The summed E-state index contributed by atoms with van der Waals surface area (Å²) in [4.78, 5) is 0. The van der Waals surface area contributed by atoms with Gasteiger partial charge in [-0.25, -0.2) is 0 Å². The molecule has 0 bridgehead atoms. The molecular formula is C24H46O2. The van der Waals surface area contributed by atoms with Crippen molar-refractivity contribution in [1.29, 1.82) is 0 Å². The van der Waals surface area contributed by atoms with Gasteiger partial charge in [0.2, 0.25) is 0 Å². The summed E-state index contributed by atoms with van der Waals surface area (Å²) in [5.41, 5.74) is -1.96. The van der Waals surface area contributed by atoms with Gasteiger partial charge >= 0.3 is 0 Å². The van der Waals surface area contributed by atoms with E-state index in [9.17, 15) is 10.2 Å². The van der Waals surface area contributed by atoms with Gasteiger partial charge in [-0.05, 0) is 39.5 Å². The van der Waals surface area contributed by atoms with E-state index in [2.05, 4.69) is 25.7 Å². The molecule has 26 heavy (non-hydrogen) atoms. The molecule has 0 amide bonds. The average molecular weight is 367 g/mol. The number of hydrogen-bond acceptors (Lipinski definition) is 2. The smallest absolute Gasteiger partial charge is 0.122 e. The number of aliphatic hydroxyl groups is 2. The Labute approximate surface area is 164 Å². The van der Waals surface area contributed by atoms with Gasteiger partial charge in [0.25, 0.3) is 0 Å². The molecule has 0 aromatic carbocycles. The maximum Gasteiger partial charge on any atom is 0.122 e. The maximum absolute atomic E-state index is 10.4. The number of rotatable bonds is 16. The van der Waals surface area contributed by atoms with Crippen LogP contribution in [0.1, 0.15) is 130 Å². The highest BCUT2D eigenvalue weighted by molar-refractivity contribution is 5.19. The third kappa shape index (κ3) is 16.9. The average Bonchev–Trinajstić information content (AvgIpc) is 2.59. The second-order valence-electron chi connectivity index (χ2n) is 8.54. The van der Waals surface area contributed by atoms with Gasteiger partial charge < -0.3 is 10.2 Å². The Kier molecular flexibility index (Phi) is 15.2. The molecule has 2 atom stereocenters. The number of unbranched alkanes of at least 4 members (excludes halogenated alkanes) is 12. The summed E-state index contributed by atoms with van der Waals surface area (Å²) in [5, 5.41) is 20.9. The van der Waals surface area contributed by atoms with E-state index in [4.69, 9.17) is 0 Å². The molecule has 0 fully saturated rings. The highest BCUT2D eigenvalue weighted by Crippen LogP contribution is 2.19. The molecule has 0 aromatic rings. The SMILES string of the molecule is CCCCCCCCC[C@](C)(O)C#C[C@@](C)(O)CCCCCCCCC. The monoisotopic (exact) mass is 366 g/mol. The summed E-state index contributed by atoms with van der Waals surface area (Å²) >= 11 is 0. The second kappa shape index (κ2) is 15.5. The zero-order valence-electron chi connectivity index (χ0n) is 18.2. The lowest BCUT2D eigenvalue weighted by atomic mass is 9.94. The van der Waals surface area contributed by atoms with Crippen LogP contribution in [0, 0.1) is 11.8 Å². The second-order valence-corrected chi connectivity index (χ2v) is 8.54. The molecule has 0 aromatic heterocycles. The van der Waals surface area contributed by atoms with Gasteiger partial charge in [0.05, 0.1) is 0 Å². The highest BCUT2D eigenvalue weighted by Gasteiger charge is 2.20. The molecule has 2 N–H and O–H groups in total. The molecule has 0 spiro atoms. The largest absolute Gasteiger partial charge is 0.378 e. The Morgan fingerprint density at radius 1 is 0.500 bits per heavy atom. The van der Waals surface area contributed by atoms with Gasteiger partial charge in [-0.2, -0.15) is 0 Å². The normalized spacial score (nSPS) is 15.8. The van der Waals surface area contributed by atoms with E-state index in [0.717, 1.165) is 25.7 Å². The number of hydrogen-bond donors (Lipinski definition) is 2. The van der Waals surface area contributed by atoms with Crippen LogP contribution in [-0.2, 0) is 0 Å². The van der Waals surface area contributed by atoms with E-state index < -0.39 is 11.2 Å². The van der Waals surface area contributed by atoms with Gasteiger partial charge in [-0.3, -0.25) is 0 Å². The first-order chi connectivity index (χ1) is 12.3. The van der Waals surface area contributed by atoms with Gasteiger partial charge in [-0.15, -0.1) is 0 Å². The molecule has 0 aliphatic carbocycles. The topological polar surface area (TPSA) is 40.5 Å². The van der Waals surface area contributed by atoms with Gasteiger partial charge in [0.15, 0.2) is 0 Å². The molecular weight excluding hydrogens is 320 g/mol. The first-order valence-electron chi connectivity index (χ1n) is 11.3. The Morgan fingerprint density at radius 3 is 1.08 bits per heavy atom. The van der Waals surface area contributed by atoms with Crippen molar-refractivity contribution in [2.75, 3.05) is 0 Å². The zero-order valence-corrected chi connectivity index (χ0v) is 18.2. The van der Waals surface area contributed by atoms with Crippen molar-refractivity contribution in [1.82, 2.24) is 0 Å². The van der Waals surface area contributed by atoms with Crippen molar-refractivity contribution >= 4 is 0 Å². The fraction of sp³-hybridized carbons (Fsp3) is 0.917. The van der Waals surface area contributed by atoms with Crippen molar-refractivity contribution in [2.24, 2.45) is 0 Å². The molecule has 0 saturated heterocycles. The summed E-state index contributed by atoms with van der Waals surface area (Å²) in [7, 11) is 0. The summed E-state index contributed by atoms with van der Waals surface area (Å²) in [6, 6.07) is 0. The van der Waals surface area contributed by atoms with Crippen LogP contribution < -0.4 is 0 Å². The van der Waals surface area contributed by atoms with Crippen LogP contribution >= 0.6 is 0 Å². The predicted octanol–water partition coefficient (Wildman–Crippen LogP) is 6.77. The van der Waals surface area contributed by atoms with Crippen molar-refractivity contribution in [2.45, 2.75) is 142 Å². The molecule has 0 rings (SSSR count). The van der Waals surface area contributed by atoms with Gasteiger partial charge in [0.1, 0.15) is 11.2 Å². The van der Waals surface area contributed by atoms with E-state index in [1.54, 1.807) is 13.8 Å². The predicted molar refractivity (Wildman–Crippen MR) is 114 cm³/mol. The summed E-state index contributed by atoms with van der Waals surface area (Å²) in [6.07, 6.45) is 18.7. The Bertz CT molecular complexity index is 339. The van der Waals surface area contributed by atoms with Crippen molar-refractivity contribution in [3.05, 3.63) is 0 Å². The molecule has 0 radical (unpaired) electrons. The molecule has 0 aliphatic rings. The van der Waals surface area contributed by atoms with E-state index in [0.29, 0.717) is 12.8 Å². The molecule has 0 aliphatic heterocycles. The van der Waals surface area contributed by atoms with Crippen LogP contribution in [0.5, 0.6) is 0 Å². The van der Waals surface area contributed by atoms with Crippen LogP contribution in [0.4, 0.5) is 0 Å². The molecule has 0 heterocycles. The molecule has 154 valence electrons. The highest BCUT2D eigenvalue weighted by atomic mass is 16.3. The lowest BCUT2D eigenvalue weighted by molar-refractivity contribution is 0.0968. The fourth-order valence-corrected chi connectivity index (χ4v) is 3.25. The van der Waals surface area contributed by atoms with E-state index in [-0.39, 0.29) is 0 Å². The van der Waals surface area contributed by atoms with Crippen LogP contribution in [0.2, 0.25) is 0 Å². The first-order valence-corrected chi connectivity index (χ1v) is 11.3. The van der Waals surface area contributed by atoms with Crippen molar-refractivity contribution in [3.63, 3.8) is 0 Å². The minimum atomic E-state index is -0.979. The maximum atomic E-state index is 10.4. The van der Waals surface area contributed by atoms with E-state index in [1.807, 2.05) is 0 Å². The van der Waals surface area contributed by atoms with E-state index in [1.165, 1.54) is 64.2 Å². The minimum Gasteiger partial charge on any atom is -0.378 e. The minimum absolute atomic E-state index is 0.696. The quantitative estimate of drug-likeness (QED) is 0.234. The third-order valence-electron chi connectivity index (χ3n) is 5.14. The summed E-state index contributed by atoms with van der Waals surface area (Å²) < 4.78 is 0. The van der Waals surface area contributed by atoms with Crippen LogP contribution in [0.25, 0.3) is 0 Å². The molecule has 0 saturated carbocycles. The van der Waals surface area contributed by atoms with Crippen LogP contribution in [0.3, 0.4) is 0 Å². The van der Waals surface area contributed by atoms with E-state index >= 15 is 0 Å². The van der Waals surface area contributed by atoms with Crippen LogP contribution in [0.15, 0.2) is 0 Å². The first kappa shape index (κ1) is 25.5. The fourth-order valence-electron chi connectivity index (χ4n) is 3.25. The Balaban J connectivity index is 3.94. The van der Waals surface area contributed by atoms with Gasteiger partial charge in [0, 0.05) is 0 Å². The Morgan fingerprint density at radius 2 is 0.769 bits per heavy atom. The molecule has 2 nitrogen and oxygen atoms in total.